The Bertz CT molecular complexity index is 1380. The number of nitriles is 1. The second kappa shape index (κ2) is 14.1. The van der Waals surface area contributed by atoms with Crippen LogP contribution in [0.5, 0.6) is 11.5 Å². The Morgan fingerprint density at radius 2 is 1.89 bits per heavy atom. The van der Waals surface area contributed by atoms with Crippen molar-refractivity contribution in [3.05, 3.63) is 90.0 Å². The molecule has 0 aliphatic carbocycles. The first-order valence-electron chi connectivity index (χ1n) is 12.2. The first kappa shape index (κ1) is 27.9. The van der Waals surface area contributed by atoms with Gasteiger partial charge in [0.1, 0.15) is 29.7 Å². The molecule has 3 aromatic carbocycles. The molecule has 1 fully saturated rings. The van der Waals surface area contributed by atoms with Crippen LogP contribution in [-0.4, -0.2) is 40.2 Å². The van der Waals surface area contributed by atoms with Gasteiger partial charge in [-0.25, -0.2) is 9.37 Å². The molecule has 1 aliphatic heterocycles. The third kappa shape index (κ3) is 7.90. The van der Waals surface area contributed by atoms with E-state index in [0.29, 0.717) is 18.0 Å². The standard InChI is InChI=1S/C20H20FN5O2.C7H8.C2H3N/c21-13-3-5-14(6-4-13)28-15-7-8-16-17(10-15)25-20(24-16)18-2-1-9-26(18)19(27)11-23-12-22;1-7-5-3-2-4-6-7;1-2-3/h3-8,10,12,18H,1-2,9,11H2,(H2,22,23)(H,24,25);2-6H,1H3;1H3/t18-;;/m0../s1. The lowest BCUT2D eigenvalue weighted by atomic mass is 10.2. The largest absolute Gasteiger partial charge is 0.457 e. The number of nitrogens with two attached hydrogens (primary N) is 1. The van der Waals surface area contributed by atoms with Crippen molar-refractivity contribution in [1.82, 2.24) is 14.9 Å². The summed E-state index contributed by atoms with van der Waals surface area (Å²) in [5, 5.41) is 7.32. The van der Waals surface area contributed by atoms with Crippen LogP contribution < -0.4 is 10.5 Å². The molecule has 1 atom stereocenters. The molecular weight excluding hydrogens is 483 g/mol. The molecule has 3 N–H and O–H groups in total. The number of likely N-dealkylation sites (tertiary alicyclic amines) is 1. The molecular formula is C29H31FN6O2. The van der Waals surface area contributed by atoms with E-state index in [2.05, 4.69) is 34.0 Å². The summed E-state index contributed by atoms with van der Waals surface area (Å²) in [4.78, 5) is 25.9. The van der Waals surface area contributed by atoms with Gasteiger partial charge < -0.3 is 20.4 Å². The quantitative estimate of drug-likeness (QED) is 0.263. The number of rotatable bonds is 5. The van der Waals surface area contributed by atoms with Gasteiger partial charge in [0, 0.05) is 19.5 Å². The van der Waals surface area contributed by atoms with Crippen LogP contribution in [0.4, 0.5) is 4.39 Å². The van der Waals surface area contributed by atoms with Gasteiger partial charge in [-0.1, -0.05) is 35.9 Å². The molecule has 9 heteroatoms. The zero-order chi connectivity index (χ0) is 27.3. The molecule has 2 heterocycles. The zero-order valence-corrected chi connectivity index (χ0v) is 21.5. The first-order chi connectivity index (χ1) is 18.4. The number of ether oxygens (including phenoxy) is 1. The molecule has 1 amide bonds. The maximum Gasteiger partial charge on any atom is 0.244 e. The molecule has 1 aliphatic rings. The third-order valence-corrected chi connectivity index (χ3v) is 5.68. The van der Waals surface area contributed by atoms with Gasteiger partial charge in [-0.3, -0.25) is 9.79 Å². The third-order valence-electron chi connectivity index (χ3n) is 5.68. The van der Waals surface area contributed by atoms with E-state index in [4.69, 9.17) is 15.7 Å². The van der Waals surface area contributed by atoms with E-state index in [1.165, 1.54) is 24.6 Å². The number of carbonyl (C=O) groups excluding carboxylic acids is 1. The van der Waals surface area contributed by atoms with E-state index in [1.807, 2.05) is 36.4 Å². The molecule has 0 unspecified atom stereocenters. The Kier molecular flexibility index (Phi) is 10.4. The normalized spacial score (nSPS) is 14.3. The summed E-state index contributed by atoms with van der Waals surface area (Å²) in [7, 11) is 0. The second-order valence-electron chi connectivity index (χ2n) is 8.47. The van der Waals surface area contributed by atoms with Crippen LogP contribution in [0, 0.1) is 24.1 Å². The number of amides is 1. The fraction of sp³-hybridized carbons (Fsp3) is 0.241. The summed E-state index contributed by atoms with van der Waals surface area (Å²) in [6.45, 7) is 4.24. The average molecular weight is 515 g/mol. The molecule has 38 heavy (non-hydrogen) atoms. The van der Waals surface area contributed by atoms with Crippen LogP contribution >= 0.6 is 0 Å². The average Bonchev–Trinajstić information content (AvgIpc) is 3.57. The van der Waals surface area contributed by atoms with E-state index in [9.17, 15) is 9.18 Å². The Labute approximate surface area is 221 Å². The number of halogens is 1. The monoisotopic (exact) mass is 514 g/mol. The molecule has 1 aromatic heterocycles. The first-order valence-corrected chi connectivity index (χ1v) is 12.2. The van der Waals surface area contributed by atoms with Gasteiger partial charge in [-0.05, 0) is 56.2 Å². The van der Waals surface area contributed by atoms with Crippen LogP contribution in [0.2, 0.25) is 0 Å². The number of hydrogen-bond acceptors (Lipinski definition) is 5. The number of aromatic amines is 1. The van der Waals surface area contributed by atoms with Crippen LogP contribution in [0.25, 0.3) is 11.0 Å². The topological polar surface area (TPSA) is 120 Å². The van der Waals surface area contributed by atoms with Crippen LogP contribution in [0.1, 0.15) is 37.2 Å². The van der Waals surface area contributed by atoms with Crippen LogP contribution in [0.15, 0.2) is 77.8 Å². The highest BCUT2D eigenvalue weighted by molar-refractivity contribution is 5.81. The maximum atomic E-state index is 13.0. The minimum absolute atomic E-state index is 0.0445. The number of benzene rings is 3. The smallest absolute Gasteiger partial charge is 0.244 e. The summed E-state index contributed by atoms with van der Waals surface area (Å²) < 4.78 is 18.8. The molecule has 4 aromatic rings. The van der Waals surface area contributed by atoms with Gasteiger partial charge >= 0.3 is 0 Å². The lowest BCUT2D eigenvalue weighted by Crippen LogP contribution is -2.32. The van der Waals surface area contributed by atoms with Crippen molar-refractivity contribution in [3.63, 3.8) is 0 Å². The van der Waals surface area contributed by atoms with Crippen molar-refractivity contribution < 1.29 is 13.9 Å². The van der Waals surface area contributed by atoms with Gasteiger partial charge in [0.05, 0.1) is 29.5 Å². The lowest BCUT2D eigenvalue weighted by Gasteiger charge is -2.22. The number of aliphatic imine (C=N–C) groups is 1. The molecule has 0 bridgehead atoms. The van der Waals surface area contributed by atoms with E-state index in [-0.39, 0.29) is 24.3 Å². The predicted octanol–water partition coefficient (Wildman–Crippen LogP) is 5.67. The fourth-order valence-electron chi connectivity index (χ4n) is 3.97. The van der Waals surface area contributed by atoms with Gasteiger partial charge in [-0.2, -0.15) is 5.26 Å². The summed E-state index contributed by atoms with van der Waals surface area (Å²) in [6.07, 6.45) is 2.91. The van der Waals surface area contributed by atoms with Crippen molar-refractivity contribution in [2.75, 3.05) is 13.1 Å². The summed E-state index contributed by atoms with van der Waals surface area (Å²) in [6, 6.07) is 23.3. The summed E-state index contributed by atoms with van der Waals surface area (Å²) in [5.74, 6) is 1.54. The summed E-state index contributed by atoms with van der Waals surface area (Å²) >= 11 is 0. The van der Waals surface area contributed by atoms with E-state index in [0.717, 1.165) is 36.0 Å². The highest BCUT2D eigenvalue weighted by Crippen LogP contribution is 2.32. The zero-order valence-electron chi connectivity index (χ0n) is 21.5. The number of fused-ring (bicyclic) bond motifs is 1. The van der Waals surface area contributed by atoms with Crippen molar-refractivity contribution >= 4 is 23.3 Å². The van der Waals surface area contributed by atoms with E-state index >= 15 is 0 Å². The van der Waals surface area contributed by atoms with Crippen molar-refractivity contribution in [3.8, 4) is 17.6 Å². The number of H-pyrrole nitrogens is 1. The predicted molar refractivity (Wildman–Crippen MR) is 146 cm³/mol. The number of nitrogens with one attached hydrogen (secondary N) is 1. The molecule has 1 saturated heterocycles. The number of aromatic nitrogens is 2. The summed E-state index contributed by atoms with van der Waals surface area (Å²) in [5.41, 5.74) is 8.17. The Morgan fingerprint density at radius 3 is 2.53 bits per heavy atom. The Hall–Kier alpha value is -4.71. The molecule has 196 valence electrons. The molecule has 8 nitrogen and oxygen atoms in total. The van der Waals surface area contributed by atoms with E-state index in [1.54, 1.807) is 23.1 Å². The van der Waals surface area contributed by atoms with Gasteiger partial charge in [0.25, 0.3) is 0 Å². The number of nitrogens with zero attached hydrogens (tertiary/aromatic N) is 4. The van der Waals surface area contributed by atoms with Crippen molar-refractivity contribution in [1.29, 1.82) is 5.26 Å². The molecule has 0 saturated carbocycles. The Balaban J connectivity index is 0.000000338. The Morgan fingerprint density at radius 1 is 1.21 bits per heavy atom. The minimum Gasteiger partial charge on any atom is -0.457 e. The number of carbonyl (C=O) groups is 1. The van der Waals surface area contributed by atoms with Crippen molar-refractivity contribution in [2.45, 2.75) is 32.7 Å². The maximum absolute atomic E-state index is 13.0. The molecule has 5 rings (SSSR count). The molecule has 0 radical (unpaired) electrons. The van der Waals surface area contributed by atoms with Gasteiger partial charge in [0.2, 0.25) is 5.91 Å². The van der Waals surface area contributed by atoms with Gasteiger partial charge in [-0.15, -0.1) is 0 Å². The second-order valence-corrected chi connectivity index (χ2v) is 8.47. The van der Waals surface area contributed by atoms with Crippen LogP contribution in [0.3, 0.4) is 0 Å². The highest BCUT2D eigenvalue weighted by Gasteiger charge is 2.31. The van der Waals surface area contributed by atoms with Crippen LogP contribution in [-0.2, 0) is 4.79 Å². The lowest BCUT2D eigenvalue weighted by molar-refractivity contribution is -0.130. The van der Waals surface area contributed by atoms with Crippen molar-refractivity contribution in [2.24, 2.45) is 10.7 Å². The highest BCUT2D eigenvalue weighted by atomic mass is 19.1. The number of imidazole rings is 1. The SMILES string of the molecule is CC#N.Cc1ccccc1.NC=NCC(=O)N1CCC[C@H]1c1nc2ccc(Oc3ccc(F)cc3)cc2[nH]1. The van der Waals surface area contributed by atoms with Gasteiger partial charge in [0.15, 0.2) is 0 Å². The minimum atomic E-state index is -0.311. The fourth-order valence-corrected chi connectivity index (χ4v) is 3.97. The van der Waals surface area contributed by atoms with E-state index < -0.39 is 0 Å². The number of hydrogen-bond donors (Lipinski definition) is 2. The number of aryl methyl sites for hydroxylation is 1. The molecule has 0 spiro atoms.